The number of halogens is 2. The standard InChI is InChI=1S/C14H20F2N2O/c1-4-10(2)17-8-14(19)18(3)9-11-5-6-12(15)7-13(11)16/h5-7,10,17H,4,8-9H2,1-3H3. The van der Waals surface area contributed by atoms with Crippen molar-refractivity contribution < 1.29 is 13.6 Å². The summed E-state index contributed by atoms with van der Waals surface area (Å²) in [6.45, 7) is 4.37. The van der Waals surface area contributed by atoms with Crippen LogP contribution in [0.5, 0.6) is 0 Å². The van der Waals surface area contributed by atoms with Crippen molar-refractivity contribution in [3.05, 3.63) is 35.4 Å². The van der Waals surface area contributed by atoms with E-state index < -0.39 is 11.6 Å². The fraction of sp³-hybridized carbons (Fsp3) is 0.500. The largest absolute Gasteiger partial charge is 0.340 e. The second-order valence-corrected chi connectivity index (χ2v) is 4.68. The molecule has 1 aromatic carbocycles. The highest BCUT2D eigenvalue weighted by Crippen LogP contribution is 2.11. The lowest BCUT2D eigenvalue weighted by molar-refractivity contribution is -0.129. The highest BCUT2D eigenvalue weighted by atomic mass is 19.1. The van der Waals surface area contributed by atoms with E-state index in [2.05, 4.69) is 5.32 Å². The van der Waals surface area contributed by atoms with Crippen LogP contribution in [0.3, 0.4) is 0 Å². The Bertz CT molecular complexity index is 437. The molecule has 1 aromatic rings. The van der Waals surface area contributed by atoms with Crippen LogP contribution in [0.1, 0.15) is 25.8 Å². The van der Waals surface area contributed by atoms with Gasteiger partial charge in [0.2, 0.25) is 5.91 Å². The van der Waals surface area contributed by atoms with Crippen molar-refractivity contribution in [1.29, 1.82) is 0 Å². The van der Waals surface area contributed by atoms with Gasteiger partial charge in [0.25, 0.3) is 0 Å². The molecule has 0 aromatic heterocycles. The summed E-state index contributed by atoms with van der Waals surface area (Å²) in [5.74, 6) is -1.37. The summed E-state index contributed by atoms with van der Waals surface area (Å²) in [5, 5.41) is 3.08. The predicted molar refractivity (Wildman–Crippen MR) is 70.6 cm³/mol. The van der Waals surface area contributed by atoms with Crippen LogP contribution in [-0.2, 0) is 11.3 Å². The van der Waals surface area contributed by atoms with Crippen LogP contribution in [0.4, 0.5) is 8.78 Å². The molecular weight excluding hydrogens is 250 g/mol. The Morgan fingerprint density at radius 3 is 2.68 bits per heavy atom. The molecule has 0 bridgehead atoms. The highest BCUT2D eigenvalue weighted by Gasteiger charge is 2.12. The van der Waals surface area contributed by atoms with Crippen LogP contribution < -0.4 is 5.32 Å². The van der Waals surface area contributed by atoms with Gasteiger partial charge in [0, 0.05) is 31.3 Å². The summed E-state index contributed by atoms with van der Waals surface area (Å²) < 4.78 is 26.2. The quantitative estimate of drug-likeness (QED) is 0.860. The zero-order valence-electron chi connectivity index (χ0n) is 11.5. The molecule has 3 nitrogen and oxygen atoms in total. The third-order valence-electron chi connectivity index (χ3n) is 3.06. The third kappa shape index (κ3) is 4.95. The zero-order valence-corrected chi connectivity index (χ0v) is 11.5. The molecule has 1 N–H and O–H groups in total. The lowest BCUT2D eigenvalue weighted by atomic mass is 10.2. The van der Waals surface area contributed by atoms with Crippen molar-refractivity contribution in [3.63, 3.8) is 0 Å². The molecule has 0 fully saturated rings. The van der Waals surface area contributed by atoms with E-state index in [4.69, 9.17) is 0 Å². The Labute approximate surface area is 112 Å². The van der Waals surface area contributed by atoms with Gasteiger partial charge in [-0.1, -0.05) is 13.0 Å². The van der Waals surface area contributed by atoms with Crippen LogP contribution in [0.2, 0.25) is 0 Å². The first-order chi connectivity index (χ1) is 8.93. The van der Waals surface area contributed by atoms with Gasteiger partial charge >= 0.3 is 0 Å². The number of hydrogen-bond donors (Lipinski definition) is 1. The van der Waals surface area contributed by atoms with Gasteiger partial charge in [-0.25, -0.2) is 8.78 Å². The van der Waals surface area contributed by atoms with E-state index in [0.717, 1.165) is 12.5 Å². The average Bonchev–Trinajstić information content (AvgIpc) is 2.38. The van der Waals surface area contributed by atoms with Crippen LogP contribution in [0, 0.1) is 11.6 Å². The molecule has 0 aliphatic carbocycles. The summed E-state index contributed by atoms with van der Waals surface area (Å²) in [6, 6.07) is 3.63. The molecule has 1 amide bonds. The van der Waals surface area contributed by atoms with Gasteiger partial charge in [-0.15, -0.1) is 0 Å². The fourth-order valence-electron chi connectivity index (χ4n) is 1.53. The van der Waals surface area contributed by atoms with Crippen molar-refractivity contribution in [2.75, 3.05) is 13.6 Å². The number of carbonyl (C=O) groups excluding carboxylic acids is 1. The van der Waals surface area contributed by atoms with E-state index in [1.807, 2.05) is 13.8 Å². The summed E-state index contributed by atoms with van der Waals surface area (Å²) in [7, 11) is 1.60. The molecule has 0 radical (unpaired) electrons. The first-order valence-corrected chi connectivity index (χ1v) is 6.35. The van der Waals surface area contributed by atoms with Gasteiger partial charge in [-0.05, 0) is 19.4 Å². The Kier molecular flexibility index (Phi) is 5.89. The van der Waals surface area contributed by atoms with E-state index in [-0.39, 0.29) is 25.0 Å². The number of rotatable bonds is 6. The Morgan fingerprint density at radius 1 is 1.42 bits per heavy atom. The molecular formula is C14H20F2N2O. The lowest BCUT2D eigenvalue weighted by Gasteiger charge is -2.19. The number of nitrogens with zero attached hydrogens (tertiary/aromatic N) is 1. The van der Waals surface area contributed by atoms with Crippen LogP contribution in [0.15, 0.2) is 18.2 Å². The number of nitrogens with one attached hydrogen (secondary N) is 1. The number of likely N-dealkylation sites (N-methyl/N-ethyl adjacent to an activating group) is 1. The Balaban J connectivity index is 2.54. The minimum atomic E-state index is -0.630. The van der Waals surface area contributed by atoms with Crippen LogP contribution in [0.25, 0.3) is 0 Å². The predicted octanol–water partition coefficient (Wildman–Crippen LogP) is 2.31. The number of hydrogen-bond acceptors (Lipinski definition) is 2. The van der Waals surface area contributed by atoms with E-state index in [9.17, 15) is 13.6 Å². The zero-order chi connectivity index (χ0) is 14.4. The molecule has 19 heavy (non-hydrogen) atoms. The molecule has 0 saturated carbocycles. The maximum absolute atomic E-state index is 13.4. The summed E-state index contributed by atoms with van der Waals surface area (Å²) in [5.41, 5.74) is 0.306. The topological polar surface area (TPSA) is 32.3 Å². The molecule has 1 rings (SSSR count). The molecule has 1 unspecified atom stereocenters. The third-order valence-corrected chi connectivity index (χ3v) is 3.06. The molecule has 0 saturated heterocycles. The van der Waals surface area contributed by atoms with Crippen LogP contribution >= 0.6 is 0 Å². The van der Waals surface area contributed by atoms with Crippen molar-refractivity contribution >= 4 is 5.91 Å². The van der Waals surface area contributed by atoms with Crippen molar-refractivity contribution in [2.24, 2.45) is 0 Å². The maximum atomic E-state index is 13.4. The van der Waals surface area contributed by atoms with Gasteiger partial charge in [0.05, 0.1) is 6.54 Å². The monoisotopic (exact) mass is 270 g/mol. The molecule has 0 spiro atoms. The first kappa shape index (κ1) is 15.6. The van der Waals surface area contributed by atoms with Gasteiger partial charge in [-0.3, -0.25) is 4.79 Å². The van der Waals surface area contributed by atoms with Gasteiger partial charge in [0.1, 0.15) is 11.6 Å². The van der Waals surface area contributed by atoms with Gasteiger partial charge in [0.15, 0.2) is 0 Å². The summed E-state index contributed by atoms with van der Waals surface area (Å²) in [4.78, 5) is 13.2. The number of carbonyl (C=O) groups is 1. The molecule has 0 aliphatic rings. The normalized spacial score (nSPS) is 12.3. The minimum Gasteiger partial charge on any atom is -0.340 e. The fourth-order valence-corrected chi connectivity index (χ4v) is 1.53. The molecule has 5 heteroatoms. The van der Waals surface area contributed by atoms with E-state index >= 15 is 0 Å². The van der Waals surface area contributed by atoms with E-state index in [1.165, 1.54) is 17.0 Å². The molecule has 1 atom stereocenters. The minimum absolute atomic E-state index is 0.121. The van der Waals surface area contributed by atoms with Crippen LogP contribution in [-0.4, -0.2) is 30.4 Å². The molecule has 0 aliphatic heterocycles. The Hall–Kier alpha value is -1.49. The van der Waals surface area contributed by atoms with E-state index in [0.29, 0.717) is 5.56 Å². The summed E-state index contributed by atoms with van der Waals surface area (Å²) in [6.07, 6.45) is 0.934. The second-order valence-electron chi connectivity index (χ2n) is 4.68. The highest BCUT2D eigenvalue weighted by molar-refractivity contribution is 5.78. The molecule has 106 valence electrons. The SMILES string of the molecule is CCC(C)NCC(=O)N(C)Cc1ccc(F)cc1F. The molecule has 0 heterocycles. The second kappa shape index (κ2) is 7.19. The average molecular weight is 270 g/mol. The van der Waals surface area contributed by atoms with Gasteiger partial charge < -0.3 is 10.2 Å². The van der Waals surface area contributed by atoms with Crippen molar-refractivity contribution in [2.45, 2.75) is 32.9 Å². The summed E-state index contributed by atoms with van der Waals surface area (Å²) >= 11 is 0. The van der Waals surface area contributed by atoms with Crippen molar-refractivity contribution in [3.8, 4) is 0 Å². The van der Waals surface area contributed by atoms with Gasteiger partial charge in [-0.2, -0.15) is 0 Å². The van der Waals surface area contributed by atoms with Crippen molar-refractivity contribution in [1.82, 2.24) is 10.2 Å². The smallest absolute Gasteiger partial charge is 0.236 e. The lowest BCUT2D eigenvalue weighted by Crippen LogP contribution is -2.38. The Morgan fingerprint density at radius 2 is 2.11 bits per heavy atom. The maximum Gasteiger partial charge on any atom is 0.236 e. The van der Waals surface area contributed by atoms with E-state index in [1.54, 1.807) is 7.05 Å². The number of amides is 1. The number of benzene rings is 1. The first-order valence-electron chi connectivity index (χ1n) is 6.35.